The first-order valence-corrected chi connectivity index (χ1v) is 17.7. The molecule has 3 heteroatoms. The predicted molar refractivity (Wildman–Crippen MR) is 240 cm³/mol. The van der Waals surface area contributed by atoms with Crippen molar-refractivity contribution in [1.29, 1.82) is 0 Å². The van der Waals surface area contributed by atoms with Gasteiger partial charge in [-0.2, -0.15) is 0 Å². The van der Waals surface area contributed by atoms with E-state index in [1.54, 1.807) is 42.5 Å². The van der Waals surface area contributed by atoms with E-state index in [1.807, 2.05) is 0 Å². The van der Waals surface area contributed by atoms with Crippen molar-refractivity contribution in [2.75, 3.05) is 0 Å². The summed E-state index contributed by atoms with van der Waals surface area (Å²) >= 11 is 0. The molecule has 12 aromatic rings. The lowest BCUT2D eigenvalue weighted by atomic mass is 10.0. The first-order valence-electron chi connectivity index (χ1n) is 29.7. The van der Waals surface area contributed by atoms with Gasteiger partial charge in [-0.1, -0.05) is 133 Å². The van der Waals surface area contributed by atoms with Crippen LogP contribution < -0.4 is 0 Å². The van der Waals surface area contributed by atoms with Crippen molar-refractivity contribution in [3.8, 4) is 39.3 Å². The average molecular weight is 750 g/mol. The third-order valence-electron chi connectivity index (χ3n) is 9.96. The van der Waals surface area contributed by atoms with Gasteiger partial charge in [0.2, 0.25) is 0 Å². The molecule has 266 valence electrons. The molecule has 0 spiro atoms. The fourth-order valence-electron chi connectivity index (χ4n) is 7.54. The van der Waals surface area contributed by atoms with Gasteiger partial charge in [0, 0.05) is 49.3 Å². The number of benzene rings is 9. The Morgan fingerprint density at radius 3 is 1.40 bits per heavy atom. The highest BCUT2D eigenvalue weighted by Gasteiger charge is 2.19. The molecule has 0 fully saturated rings. The van der Waals surface area contributed by atoms with E-state index in [9.17, 15) is 17.8 Å². The summed E-state index contributed by atoms with van der Waals surface area (Å²) < 4.78 is 225. The second-order valence-corrected chi connectivity index (χ2v) is 13.0. The van der Waals surface area contributed by atoms with Crippen LogP contribution in [0.4, 0.5) is 0 Å². The second kappa shape index (κ2) is 12.5. The normalized spacial score (nSPS) is 17.8. The largest absolute Gasteiger partial charge is 0.309 e. The maximum absolute atomic E-state index is 10.0. The van der Waals surface area contributed by atoms with Crippen LogP contribution in [0.3, 0.4) is 0 Å². The van der Waals surface area contributed by atoms with Crippen LogP contribution >= 0.6 is 0 Å². The molecule has 57 heavy (non-hydrogen) atoms. The van der Waals surface area contributed by atoms with Gasteiger partial charge in [-0.25, -0.2) is 0 Å². The SMILES string of the molecule is [2H]c1cc([2H])c(-c2ccccc2-n2c3c([2H])c([2H])c([2H])c([2H])c3c3c([2H])c(-c4c([2H])c([2H])c5c(c4[2H])c4c([2H])c([2H])c([2H])c([2H])c4n5-c4c([2H])c([2H])c5c(c4[2H])c4c([2H])c([2H])c([2H])c([2H])c4n5-c4ccccc4)c([2H])c([2H])c32)c([2H])c1. The Balaban J connectivity index is 1.25. The van der Waals surface area contributed by atoms with Gasteiger partial charge in [-0.3, -0.25) is 0 Å². The predicted octanol–water partition coefficient (Wildman–Crippen LogP) is 14.3. The summed E-state index contributed by atoms with van der Waals surface area (Å²) in [5.74, 6) is 0. The minimum absolute atomic E-state index is 0.00430. The van der Waals surface area contributed by atoms with E-state index in [2.05, 4.69) is 0 Å². The lowest BCUT2D eigenvalue weighted by Gasteiger charge is -2.14. The van der Waals surface area contributed by atoms with Crippen LogP contribution in [0, 0.1) is 0 Å². The number of fused-ring (bicyclic) bond motifs is 9. The van der Waals surface area contributed by atoms with Crippen molar-refractivity contribution in [2.45, 2.75) is 0 Å². The van der Waals surface area contributed by atoms with E-state index in [0.717, 1.165) is 4.57 Å². The summed E-state index contributed by atoms with van der Waals surface area (Å²) in [4.78, 5) is 0. The van der Waals surface area contributed by atoms with Gasteiger partial charge in [-0.05, 0) is 95.3 Å². The molecule has 0 aliphatic heterocycles. The van der Waals surface area contributed by atoms with E-state index in [-0.39, 0.29) is 78.6 Å². The van der Waals surface area contributed by atoms with Gasteiger partial charge in [0.05, 0.1) is 71.7 Å². The van der Waals surface area contributed by atoms with Gasteiger partial charge < -0.3 is 13.7 Å². The minimum atomic E-state index is -0.938. The Hall–Kier alpha value is -7.62. The molecule has 12 rings (SSSR count). The molecule has 0 N–H and O–H groups in total. The van der Waals surface area contributed by atoms with Crippen molar-refractivity contribution >= 4 is 65.4 Å². The Bertz CT molecular complexity index is 4900. The molecule has 0 atom stereocenters. The molecule has 3 aromatic heterocycles. The number of aromatic nitrogens is 3. The second-order valence-electron chi connectivity index (χ2n) is 13.0. The zero-order valence-corrected chi connectivity index (χ0v) is 29.2. The monoisotopic (exact) mass is 749 g/mol. The zero-order valence-electron chi connectivity index (χ0n) is 53.2. The van der Waals surface area contributed by atoms with E-state index in [1.165, 1.54) is 33.4 Å². The minimum Gasteiger partial charge on any atom is -0.309 e. The molecule has 9 aromatic carbocycles. The van der Waals surface area contributed by atoms with Gasteiger partial charge >= 0.3 is 0 Å². The number of nitrogens with zero attached hydrogens (tertiary/aromatic N) is 3. The van der Waals surface area contributed by atoms with Crippen LogP contribution in [0.5, 0.6) is 0 Å². The van der Waals surface area contributed by atoms with Gasteiger partial charge in [0.25, 0.3) is 0 Å². The average Bonchev–Trinajstić information content (AvgIpc) is 2.04. The molecule has 0 bridgehead atoms. The molecule has 0 saturated heterocycles. The van der Waals surface area contributed by atoms with Gasteiger partial charge in [0.1, 0.15) is 0 Å². The van der Waals surface area contributed by atoms with Crippen molar-refractivity contribution in [3.63, 3.8) is 0 Å². The molecule has 3 nitrogen and oxygen atoms in total. The van der Waals surface area contributed by atoms with E-state index in [0.29, 0.717) is 5.69 Å². The summed E-state index contributed by atoms with van der Waals surface area (Å²) in [6.45, 7) is 0. The summed E-state index contributed by atoms with van der Waals surface area (Å²) in [5, 5.41) is -2.27. The first-order chi connectivity index (χ1) is 38.3. The Morgan fingerprint density at radius 1 is 0.298 bits per heavy atom. The van der Waals surface area contributed by atoms with E-state index in [4.69, 9.17) is 15.1 Å². The lowest BCUT2D eigenvalue weighted by molar-refractivity contribution is 1.17. The van der Waals surface area contributed by atoms with Crippen LogP contribution in [0.15, 0.2) is 212 Å². The molecule has 0 radical (unpaired) electrons. The molecule has 0 amide bonds. The maximum atomic E-state index is 10.0. The Morgan fingerprint density at radius 2 is 0.772 bits per heavy atom. The highest BCUT2D eigenvalue weighted by atomic mass is 15.0. The van der Waals surface area contributed by atoms with Crippen molar-refractivity contribution in [2.24, 2.45) is 0 Å². The molecule has 0 unspecified atom stereocenters. The first kappa shape index (κ1) is 16.2. The van der Waals surface area contributed by atoms with Crippen LogP contribution in [-0.2, 0) is 0 Å². The topological polar surface area (TPSA) is 14.8 Å². The summed E-state index contributed by atoms with van der Waals surface area (Å²) in [6.07, 6.45) is 0. The number of para-hydroxylation sites is 5. The standard InChI is InChI=1S/C54H35N3/c1-3-15-36(16-4-1)41-19-7-11-23-48(41)57-51-26-14-10-21-43(51)46-34-38(28-31-54(46)57)37-27-30-52-45(33-37)42-20-8-13-25-50(42)56(52)40-29-32-53-47(35-40)44-22-9-12-24-49(44)55(53)39-17-5-2-6-18-39/h1-35H/i1D,8D,9D,10D,12D,13D,14D,15D,16D,20D,21D,22D,24D,25D,26D,27D,28D,29D,30D,31D,32D,33D,34D,35D. The quantitative estimate of drug-likeness (QED) is 0.166. The molecular formula is C54H35N3. The van der Waals surface area contributed by atoms with Crippen LogP contribution in [-0.4, -0.2) is 13.7 Å². The molecule has 0 aliphatic rings. The zero-order chi connectivity index (χ0) is 58.3. The summed E-state index contributed by atoms with van der Waals surface area (Å²) in [7, 11) is 0. The van der Waals surface area contributed by atoms with Crippen LogP contribution in [0.2, 0.25) is 0 Å². The maximum Gasteiger partial charge on any atom is 0.0652 e. The lowest BCUT2D eigenvalue weighted by Crippen LogP contribution is -1.97. The Kier molecular flexibility index (Phi) is 3.55. The van der Waals surface area contributed by atoms with E-state index >= 15 is 0 Å². The third-order valence-corrected chi connectivity index (χ3v) is 9.96. The van der Waals surface area contributed by atoms with Gasteiger partial charge in [0.15, 0.2) is 0 Å². The van der Waals surface area contributed by atoms with Crippen molar-refractivity contribution in [3.05, 3.63) is 212 Å². The van der Waals surface area contributed by atoms with Crippen molar-refractivity contribution in [1.82, 2.24) is 13.7 Å². The highest BCUT2D eigenvalue weighted by Crippen LogP contribution is 2.41. The summed E-state index contributed by atoms with van der Waals surface area (Å²) in [5.41, 5.74) is -3.63. The Labute approximate surface area is 363 Å². The number of hydrogen-bond donors (Lipinski definition) is 0. The summed E-state index contributed by atoms with van der Waals surface area (Å²) in [6, 6.07) is 0.170. The third kappa shape index (κ3) is 4.79. The molecule has 3 heterocycles. The van der Waals surface area contributed by atoms with Crippen LogP contribution in [0.1, 0.15) is 32.9 Å². The number of rotatable bonds is 5. The van der Waals surface area contributed by atoms with Crippen molar-refractivity contribution < 1.29 is 32.9 Å². The molecular weight excluding hydrogens is 691 g/mol. The fraction of sp³-hybridized carbons (Fsp3) is 0. The van der Waals surface area contributed by atoms with E-state index < -0.39 is 166 Å². The highest BCUT2D eigenvalue weighted by molar-refractivity contribution is 6.14. The number of hydrogen-bond acceptors (Lipinski definition) is 0. The molecule has 0 aliphatic carbocycles. The van der Waals surface area contributed by atoms with Crippen LogP contribution in [0.25, 0.3) is 105 Å². The van der Waals surface area contributed by atoms with Gasteiger partial charge in [-0.15, -0.1) is 0 Å². The molecule has 0 saturated carbocycles. The fourth-order valence-corrected chi connectivity index (χ4v) is 7.54. The smallest absolute Gasteiger partial charge is 0.0652 e.